The lowest BCUT2D eigenvalue weighted by molar-refractivity contribution is -0.113. The molecule has 5 rings (SSSR count). The molecule has 0 aliphatic carbocycles. The minimum atomic E-state index is -0.156. The quantitative estimate of drug-likeness (QED) is 0.384. The summed E-state index contributed by atoms with van der Waals surface area (Å²) in [5, 5.41) is 13.0. The first kappa shape index (κ1) is 22.4. The van der Waals surface area contributed by atoms with Crippen molar-refractivity contribution in [2.75, 3.05) is 24.3 Å². The van der Waals surface area contributed by atoms with Gasteiger partial charge in [0.25, 0.3) is 0 Å². The maximum absolute atomic E-state index is 12.7. The molecule has 0 saturated heterocycles. The largest absolute Gasteiger partial charge is 0.486 e. The van der Waals surface area contributed by atoms with E-state index in [1.807, 2.05) is 48.1 Å². The van der Waals surface area contributed by atoms with Gasteiger partial charge in [0.1, 0.15) is 19.0 Å². The van der Waals surface area contributed by atoms with Crippen LogP contribution in [0.2, 0.25) is 5.02 Å². The summed E-state index contributed by atoms with van der Waals surface area (Å²) >= 11 is 7.42. The van der Waals surface area contributed by atoms with Gasteiger partial charge in [-0.15, -0.1) is 10.2 Å². The second kappa shape index (κ2) is 9.82. The topological polar surface area (TPSA) is 83.2 Å². The Morgan fingerprint density at radius 1 is 1.09 bits per heavy atom. The van der Waals surface area contributed by atoms with E-state index in [9.17, 15) is 4.79 Å². The summed E-state index contributed by atoms with van der Waals surface area (Å²) in [5.74, 6) is 2.10. The van der Waals surface area contributed by atoms with Crippen LogP contribution in [0.4, 0.5) is 5.69 Å². The van der Waals surface area contributed by atoms with Gasteiger partial charge in [-0.25, -0.2) is 0 Å². The summed E-state index contributed by atoms with van der Waals surface area (Å²) in [5.41, 5.74) is 2.64. The van der Waals surface area contributed by atoms with E-state index >= 15 is 0 Å². The van der Waals surface area contributed by atoms with Crippen molar-refractivity contribution in [3.63, 3.8) is 0 Å². The first-order valence-corrected chi connectivity index (χ1v) is 12.1. The highest BCUT2D eigenvalue weighted by atomic mass is 35.5. The van der Waals surface area contributed by atoms with Crippen LogP contribution in [0.25, 0.3) is 5.69 Å². The first-order chi connectivity index (χ1) is 16.6. The van der Waals surface area contributed by atoms with Crippen LogP contribution in [0.1, 0.15) is 11.5 Å². The maximum Gasteiger partial charge on any atom is 0.234 e. The van der Waals surface area contributed by atoms with E-state index in [1.165, 1.54) is 11.8 Å². The van der Waals surface area contributed by atoms with Gasteiger partial charge in [-0.1, -0.05) is 23.4 Å². The SMILES string of the molecule is Cn1cccc1Cc1nnc(SCC(=O)Nc2ccc3c(c2)OCCO3)n1-c1ccc(Cl)cc1. The lowest BCUT2D eigenvalue weighted by Crippen LogP contribution is -2.17. The van der Waals surface area contributed by atoms with Gasteiger partial charge in [0.2, 0.25) is 5.91 Å². The number of hydrogen-bond donors (Lipinski definition) is 1. The lowest BCUT2D eigenvalue weighted by atomic mass is 10.2. The molecule has 0 radical (unpaired) electrons. The average molecular weight is 496 g/mol. The molecule has 1 amide bonds. The Balaban J connectivity index is 1.33. The molecule has 0 saturated carbocycles. The van der Waals surface area contributed by atoms with Crippen LogP contribution in [0.3, 0.4) is 0 Å². The van der Waals surface area contributed by atoms with Gasteiger partial charge in [0.05, 0.1) is 5.75 Å². The molecular weight excluding hydrogens is 474 g/mol. The van der Waals surface area contributed by atoms with Gasteiger partial charge in [-0.05, 0) is 48.5 Å². The van der Waals surface area contributed by atoms with Gasteiger partial charge in [-0.3, -0.25) is 9.36 Å². The molecule has 0 unspecified atom stereocenters. The molecule has 8 nitrogen and oxygen atoms in total. The van der Waals surface area contributed by atoms with Crippen molar-refractivity contribution in [2.24, 2.45) is 7.05 Å². The van der Waals surface area contributed by atoms with Gasteiger partial charge < -0.3 is 19.4 Å². The predicted molar refractivity (Wildman–Crippen MR) is 131 cm³/mol. The number of aromatic nitrogens is 4. The Morgan fingerprint density at radius 2 is 1.88 bits per heavy atom. The van der Waals surface area contributed by atoms with Crippen LogP contribution < -0.4 is 14.8 Å². The monoisotopic (exact) mass is 495 g/mol. The molecular formula is C24H22ClN5O3S. The Labute approximate surface area is 205 Å². The standard InChI is InChI=1S/C24H22ClN5O3S/c1-29-10-2-3-19(29)14-22-27-28-24(30(22)18-7-4-16(25)5-8-18)34-15-23(31)26-17-6-9-20-21(13-17)33-12-11-32-20/h2-10,13H,11-12,14-15H2,1H3,(H,26,31). The van der Waals surface area contributed by atoms with E-state index in [2.05, 4.69) is 26.1 Å². The highest BCUT2D eigenvalue weighted by Crippen LogP contribution is 2.33. The smallest absolute Gasteiger partial charge is 0.234 e. The first-order valence-electron chi connectivity index (χ1n) is 10.7. The number of rotatable bonds is 7. The summed E-state index contributed by atoms with van der Waals surface area (Å²) in [6, 6.07) is 16.9. The number of anilines is 1. The van der Waals surface area contributed by atoms with Crippen LogP contribution in [0.15, 0.2) is 66.0 Å². The zero-order chi connectivity index (χ0) is 23.5. The van der Waals surface area contributed by atoms with Gasteiger partial charge >= 0.3 is 0 Å². The molecule has 34 heavy (non-hydrogen) atoms. The minimum Gasteiger partial charge on any atom is -0.486 e. The molecule has 0 bridgehead atoms. The third-order valence-corrected chi connectivity index (χ3v) is 6.51. The summed E-state index contributed by atoms with van der Waals surface area (Å²) in [6.45, 7) is 1.02. The second-order valence-corrected chi connectivity index (χ2v) is 9.07. The molecule has 4 aromatic rings. The third kappa shape index (κ3) is 4.90. The fourth-order valence-corrected chi connectivity index (χ4v) is 4.55. The molecule has 0 fully saturated rings. The zero-order valence-corrected chi connectivity index (χ0v) is 20.0. The molecule has 3 heterocycles. The number of carbonyl (C=O) groups is 1. The van der Waals surface area contributed by atoms with E-state index in [4.69, 9.17) is 21.1 Å². The number of amides is 1. The highest BCUT2D eigenvalue weighted by molar-refractivity contribution is 7.99. The molecule has 0 atom stereocenters. The molecule has 2 aromatic carbocycles. The van der Waals surface area contributed by atoms with Crippen molar-refractivity contribution in [2.45, 2.75) is 11.6 Å². The van der Waals surface area contributed by atoms with Crippen molar-refractivity contribution in [1.29, 1.82) is 0 Å². The van der Waals surface area contributed by atoms with Crippen LogP contribution >= 0.6 is 23.4 Å². The number of nitrogens with one attached hydrogen (secondary N) is 1. The number of hydrogen-bond acceptors (Lipinski definition) is 6. The Morgan fingerprint density at radius 3 is 2.65 bits per heavy atom. The fourth-order valence-electron chi connectivity index (χ4n) is 3.65. The average Bonchev–Trinajstić information content (AvgIpc) is 3.44. The van der Waals surface area contributed by atoms with Crippen molar-refractivity contribution >= 4 is 35.0 Å². The summed E-state index contributed by atoms with van der Waals surface area (Å²) in [6.07, 6.45) is 2.60. The summed E-state index contributed by atoms with van der Waals surface area (Å²) in [7, 11) is 2.00. The Bertz CT molecular complexity index is 1320. The van der Waals surface area contributed by atoms with E-state index in [-0.39, 0.29) is 11.7 Å². The molecule has 174 valence electrons. The van der Waals surface area contributed by atoms with E-state index in [0.29, 0.717) is 47.0 Å². The summed E-state index contributed by atoms with van der Waals surface area (Å²) in [4.78, 5) is 12.7. The van der Waals surface area contributed by atoms with Crippen LogP contribution in [0, 0.1) is 0 Å². The van der Waals surface area contributed by atoms with Crippen LogP contribution in [0.5, 0.6) is 11.5 Å². The molecule has 1 N–H and O–H groups in total. The number of halogens is 1. The van der Waals surface area contributed by atoms with E-state index in [1.54, 1.807) is 18.2 Å². The summed E-state index contributed by atoms with van der Waals surface area (Å²) < 4.78 is 15.1. The van der Waals surface area contributed by atoms with Crippen molar-refractivity contribution in [3.05, 3.63) is 77.3 Å². The zero-order valence-electron chi connectivity index (χ0n) is 18.4. The minimum absolute atomic E-state index is 0.156. The second-order valence-electron chi connectivity index (χ2n) is 7.69. The van der Waals surface area contributed by atoms with Gasteiger partial charge in [-0.2, -0.15) is 0 Å². The Kier molecular flexibility index (Phi) is 6.46. The van der Waals surface area contributed by atoms with Crippen molar-refractivity contribution in [3.8, 4) is 17.2 Å². The lowest BCUT2D eigenvalue weighted by Gasteiger charge is -2.19. The number of thioether (sulfide) groups is 1. The number of carbonyl (C=O) groups excluding carboxylic acids is 1. The normalized spacial score (nSPS) is 12.5. The van der Waals surface area contributed by atoms with Crippen LogP contribution in [-0.2, 0) is 18.3 Å². The molecule has 1 aliphatic rings. The fraction of sp³-hybridized carbons (Fsp3) is 0.208. The molecule has 0 spiro atoms. The highest BCUT2D eigenvalue weighted by Gasteiger charge is 2.18. The Hall–Kier alpha value is -3.43. The van der Waals surface area contributed by atoms with Crippen molar-refractivity contribution in [1.82, 2.24) is 19.3 Å². The van der Waals surface area contributed by atoms with E-state index in [0.717, 1.165) is 17.2 Å². The van der Waals surface area contributed by atoms with Crippen LogP contribution in [-0.4, -0.2) is 44.2 Å². The number of fused-ring (bicyclic) bond motifs is 1. The number of benzene rings is 2. The maximum atomic E-state index is 12.7. The number of aryl methyl sites for hydroxylation is 1. The van der Waals surface area contributed by atoms with Gasteiger partial charge in [0.15, 0.2) is 16.7 Å². The molecule has 2 aromatic heterocycles. The molecule has 1 aliphatic heterocycles. The molecule has 10 heteroatoms. The van der Waals surface area contributed by atoms with Gasteiger partial charge in [0, 0.05) is 47.8 Å². The number of nitrogens with zero attached hydrogens (tertiary/aromatic N) is 4. The third-order valence-electron chi connectivity index (χ3n) is 5.33. The van der Waals surface area contributed by atoms with Crippen molar-refractivity contribution < 1.29 is 14.3 Å². The van der Waals surface area contributed by atoms with E-state index < -0.39 is 0 Å². The predicted octanol–water partition coefficient (Wildman–Crippen LogP) is 4.35. The number of ether oxygens (including phenoxy) is 2.